The highest BCUT2D eigenvalue weighted by atomic mass is 16.5. The number of piperidine rings is 1. The number of rotatable bonds is 3. The first-order valence-electron chi connectivity index (χ1n) is 8.49. The van der Waals surface area contributed by atoms with E-state index >= 15 is 0 Å². The lowest BCUT2D eigenvalue weighted by Crippen LogP contribution is -2.52. The van der Waals surface area contributed by atoms with Gasteiger partial charge >= 0.3 is 0 Å². The fourth-order valence-electron chi connectivity index (χ4n) is 4.02. The summed E-state index contributed by atoms with van der Waals surface area (Å²) in [5.74, 6) is -0.210. The van der Waals surface area contributed by atoms with Crippen LogP contribution in [0.15, 0.2) is 12.1 Å². The van der Waals surface area contributed by atoms with Gasteiger partial charge in [-0.05, 0) is 18.9 Å². The van der Waals surface area contributed by atoms with Crippen LogP contribution in [0, 0.1) is 0 Å². The minimum Gasteiger partial charge on any atom is -0.492 e. The van der Waals surface area contributed by atoms with Crippen LogP contribution in [0.3, 0.4) is 0 Å². The normalized spacial score (nSPS) is 27.8. The van der Waals surface area contributed by atoms with Crippen molar-refractivity contribution in [1.82, 2.24) is 10.2 Å². The second-order valence-electron chi connectivity index (χ2n) is 7.19. The molecule has 0 aliphatic carbocycles. The zero-order chi connectivity index (χ0) is 17.8. The van der Waals surface area contributed by atoms with Crippen LogP contribution in [-0.4, -0.2) is 47.0 Å². The number of hydrogen-bond donors (Lipinski definition) is 2. The predicted octanol–water partition coefficient (Wildman–Crippen LogP) is 0.480. The number of nitrogens with one attached hydrogen (secondary N) is 1. The van der Waals surface area contributed by atoms with Gasteiger partial charge in [-0.2, -0.15) is 0 Å². The Bertz CT molecular complexity index is 790. The second kappa shape index (κ2) is 5.56. The molecule has 25 heavy (non-hydrogen) atoms. The summed E-state index contributed by atoms with van der Waals surface area (Å²) in [4.78, 5) is 37.8. The van der Waals surface area contributed by atoms with E-state index in [1.807, 2.05) is 13.0 Å². The Morgan fingerprint density at radius 2 is 2.16 bits per heavy atom. The number of benzene rings is 1. The number of aliphatic hydroxyl groups excluding tert-OH is 1. The molecule has 0 saturated carbocycles. The molecule has 132 valence electrons. The SMILES string of the molecule is CC1(CCO)COc2c1ccc1c2CN(C2CCC(=O)NC2=O)C1=O. The molecule has 3 aliphatic rings. The molecular formula is C18H20N2O5. The molecule has 3 aliphatic heterocycles. The molecule has 1 fully saturated rings. The van der Waals surface area contributed by atoms with E-state index < -0.39 is 11.9 Å². The Hall–Kier alpha value is -2.41. The fourth-order valence-corrected chi connectivity index (χ4v) is 4.02. The summed E-state index contributed by atoms with van der Waals surface area (Å²) in [5.41, 5.74) is 2.08. The number of nitrogens with zero attached hydrogens (tertiary/aromatic N) is 1. The van der Waals surface area contributed by atoms with Gasteiger partial charge in [-0.3, -0.25) is 19.7 Å². The summed E-state index contributed by atoms with van der Waals surface area (Å²) in [6, 6.07) is 3.05. The third kappa shape index (κ3) is 2.33. The average molecular weight is 344 g/mol. The zero-order valence-corrected chi connectivity index (χ0v) is 14.0. The van der Waals surface area contributed by atoms with Crippen molar-refractivity contribution in [2.75, 3.05) is 13.2 Å². The van der Waals surface area contributed by atoms with Crippen LogP contribution in [0.2, 0.25) is 0 Å². The van der Waals surface area contributed by atoms with Crippen LogP contribution < -0.4 is 10.1 Å². The van der Waals surface area contributed by atoms with E-state index in [4.69, 9.17) is 4.74 Å². The molecule has 1 aromatic carbocycles. The number of hydrogen-bond acceptors (Lipinski definition) is 5. The summed E-state index contributed by atoms with van der Waals surface area (Å²) in [6.07, 6.45) is 1.17. The third-order valence-corrected chi connectivity index (χ3v) is 5.52. The minimum absolute atomic E-state index is 0.0672. The number of aliphatic hydroxyl groups is 1. The van der Waals surface area contributed by atoms with Crippen molar-refractivity contribution >= 4 is 17.7 Å². The number of carbonyl (C=O) groups excluding carboxylic acids is 3. The first-order valence-corrected chi connectivity index (χ1v) is 8.49. The zero-order valence-electron chi connectivity index (χ0n) is 14.0. The van der Waals surface area contributed by atoms with Gasteiger partial charge in [-0.1, -0.05) is 13.0 Å². The maximum atomic E-state index is 12.8. The van der Waals surface area contributed by atoms with Gasteiger partial charge in [0.25, 0.3) is 5.91 Å². The number of carbonyl (C=O) groups is 3. The van der Waals surface area contributed by atoms with Crippen molar-refractivity contribution in [2.24, 2.45) is 0 Å². The van der Waals surface area contributed by atoms with E-state index in [1.165, 1.54) is 4.90 Å². The van der Waals surface area contributed by atoms with Gasteiger partial charge in [0.1, 0.15) is 11.8 Å². The molecule has 7 heteroatoms. The Balaban J connectivity index is 1.67. The van der Waals surface area contributed by atoms with Crippen LogP contribution in [0.1, 0.15) is 47.7 Å². The van der Waals surface area contributed by atoms with Gasteiger partial charge in [0, 0.05) is 35.1 Å². The van der Waals surface area contributed by atoms with Gasteiger partial charge in [0.05, 0.1) is 13.2 Å². The highest BCUT2D eigenvalue weighted by molar-refractivity contribution is 6.05. The maximum Gasteiger partial charge on any atom is 0.255 e. The molecule has 2 N–H and O–H groups in total. The molecule has 4 rings (SSSR count). The van der Waals surface area contributed by atoms with Crippen molar-refractivity contribution in [2.45, 2.75) is 44.2 Å². The van der Waals surface area contributed by atoms with Gasteiger partial charge in [0.2, 0.25) is 11.8 Å². The number of fused-ring (bicyclic) bond motifs is 3. The summed E-state index contributed by atoms with van der Waals surface area (Å²) in [7, 11) is 0. The standard InChI is InChI=1S/C18H20N2O5/c1-18(6-7-21)9-25-15-11-8-20(13-4-5-14(22)19-16(13)23)17(24)10(11)2-3-12(15)18/h2-3,13,21H,4-9H2,1H3,(H,19,22,23). The highest BCUT2D eigenvalue weighted by Gasteiger charge is 2.44. The molecule has 1 saturated heterocycles. The summed E-state index contributed by atoms with van der Waals surface area (Å²) < 4.78 is 5.89. The molecule has 0 radical (unpaired) electrons. The molecule has 0 aromatic heterocycles. The summed E-state index contributed by atoms with van der Waals surface area (Å²) >= 11 is 0. The van der Waals surface area contributed by atoms with Crippen LogP contribution in [0.25, 0.3) is 0 Å². The molecule has 7 nitrogen and oxygen atoms in total. The first kappa shape index (κ1) is 16.1. The topological polar surface area (TPSA) is 95.9 Å². The molecule has 0 bridgehead atoms. The molecule has 0 spiro atoms. The second-order valence-corrected chi connectivity index (χ2v) is 7.19. The van der Waals surface area contributed by atoms with E-state index in [2.05, 4.69) is 5.32 Å². The van der Waals surface area contributed by atoms with Gasteiger partial charge in [-0.25, -0.2) is 0 Å². The number of imide groups is 1. The van der Waals surface area contributed by atoms with Gasteiger partial charge in [0.15, 0.2) is 0 Å². The predicted molar refractivity (Wildman–Crippen MR) is 87.0 cm³/mol. The molecule has 3 amide bonds. The van der Waals surface area contributed by atoms with E-state index in [9.17, 15) is 19.5 Å². The lowest BCUT2D eigenvalue weighted by molar-refractivity contribution is -0.136. The van der Waals surface area contributed by atoms with Crippen LogP contribution >= 0.6 is 0 Å². The molecule has 2 unspecified atom stereocenters. The minimum atomic E-state index is -0.626. The smallest absolute Gasteiger partial charge is 0.255 e. The molecular weight excluding hydrogens is 324 g/mol. The summed E-state index contributed by atoms with van der Waals surface area (Å²) in [6.45, 7) is 2.87. The van der Waals surface area contributed by atoms with Crippen LogP contribution in [0.4, 0.5) is 0 Å². The summed E-state index contributed by atoms with van der Waals surface area (Å²) in [5, 5.41) is 11.6. The lowest BCUT2D eigenvalue weighted by Gasteiger charge is -2.29. The van der Waals surface area contributed by atoms with Crippen molar-refractivity contribution < 1.29 is 24.2 Å². The molecule has 1 aromatic rings. The molecule has 2 atom stereocenters. The van der Waals surface area contributed by atoms with E-state index in [0.29, 0.717) is 37.3 Å². The van der Waals surface area contributed by atoms with Crippen LogP contribution in [0.5, 0.6) is 5.75 Å². The number of amides is 3. The van der Waals surface area contributed by atoms with Crippen molar-refractivity contribution in [1.29, 1.82) is 0 Å². The first-order chi connectivity index (χ1) is 11.9. The quantitative estimate of drug-likeness (QED) is 0.778. The van der Waals surface area contributed by atoms with Crippen LogP contribution in [-0.2, 0) is 21.5 Å². The largest absolute Gasteiger partial charge is 0.492 e. The lowest BCUT2D eigenvalue weighted by atomic mass is 9.81. The van der Waals surface area contributed by atoms with E-state index in [0.717, 1.165) is 11.1 Å². The average Bonchev–Trinajstić information content (AvgIpc) is 3.07. The third-order valence-electron chi connectivity index (χ3n) is 5.52. The maximum absolute atomic E-state index is 12.8. The van der Waals surface area contributed by atoms with E-state index in [1.54, 1.807) is 6.07 Å². The molecule has 3 heterocycles. The van der Waals surface area contributed by atoms with E-state index in [-0.39, 0.29) is 30.3 Å². The Kier molecular flexibility index (Phi) is 3.57. The monoisotopic (exact) mass is 344 g/mol. The van der Waals surface area contributed by atoms with Crippen molar-refractivity contribution in [3.05, 3.63) is 28.8 Å². The Labute approximate surface area is 144 Å². The van der Waals surface area contributed by atoms with Crippen molar-refractivity contribution in [3.8, 4) is 5.75 Å². The Morgan fingerprint density at radius 3 is 2.88 bits per heavy atom. The van der Waals surface area contributed by atoms with Crippen molar-refractivity contribution in [3.63, 3.8) is 0 Å². The number of ether oxygens (including phenoxy) is 1. The fraction of sp³-hybridized carbons (Fsp3) is 0.500. The van der Waals surface area contributed by atoms with Gasteiger partial charge < -0.3 is 14.7 Å². The highest BCUT2D eigenvalue weighted by Crippen LogP contribution is 2.46. The van der Waals surface area contributed by atoms with Gasteiger partial charge in [-0.15, -0.1) is 0 Å². The Morgan fingerprint density at radius 1 is 1.36 bits per heavy atom.